The van der Waals surface area contributed by atoms with E-state index < -0.39 is 6.08 Å². The zero-order valence-electron chi connectivity index (χ0n) is 12.5. The maximum Gasteiger partial charge on any atom is 0.312 e. The molecule has 4 saturated carbocycles. The van der Waals surface area contributed by atoms with Crippen molar-refractivity contribution in [2.45, 2.75) is 45.1 Å². The van der Waals surface area contributed by atoms with E-state index in [2.05, 4.69) is 15.0 Å². The van der Waals surface area contributed by atoms with Crippen LogP contribution >= 0.6 is 0 Å². The molecule has 0 aliphatic heterocycles. The van der Waals surface area contributed by atoms with Crippen molar-refractivity contribution < 1.29 is 4.39 Å². The molecule has 4 bridgehead atoms. The number of hydrogen-bond donors (Lipinski definition) is 1. The Hall–Kier alpha value is -1.72. The first kappa shape index (κ1) is 12.8. The maximum atomic E-state index is 13.5. The molecule has 5 nitrogen and oxygen atoms in total. The standard InChI is InChI=1S/C16H20FN5/c17-15-20-13(18)12-14(21-15)22(8-19-12)7-16-4-9-1-10(5-16)3-11(2-9)6-16/h8-11H,1-7H2,(H2,18,20,21). The van der Waals surface area contributed by atoms with Gasteiger partial charge in [-0.05, 0) is 61.7 Å². The fraction of sp³-hybridized carbons (Fsp3) is 0.688. The van der Waals surface area contributed by atoms with E-state index in [-0.39, 0.29) is 5.82 Å². The fourth-order valence-electron chi connectivity index (χ4n) is 5.90. The highest BCUT2D eigenvalue weighted by Crippen LogP contribution is 2.60. The summed E-state index contributed by atoms with van der Waals surface area (Å²) in [4.78, 5) is 11.8. The van der Waals surface area contributed by atoms with Crippen LogP contribution in [0.4, 0.5) is 10.2 Å². The Balaban J connectivity index is 1.54. The van der Waals surface area contributed by atoms with E-state index in [9.17, 15) is 4.39 Å². The average Bonchev–Trinajstić information content (AvgIpc) is 2.80. The van der Waals surface area contributed by atoms with Gasteiger partial charge in [-0.25, -0.2) is 4.98 Å². The highest BCUT2D eigenvalue weighted by Gasteiger charge is 2.51. The number of rotatable bonds is 2. The van der Waals surface area contributed by atoms with E-state index in [1.807, 2.05) is 4.57 Å². The zero-order valence-corrected chi connectivity index (χ0v) is 12.5. The van der Waals surface area contributed by atoms with Crippen LogP contribution < -0.4 is 5.73 Å². The summed E-state index contributed by atoms with van der Waals surface area (Å²) in [6, 6.07) is 0. The van der Waals surface area contributed by atoms with Crippen molar-refractivity contribution in [1.82, 2.24) is 19.5 Å². The van der Waals surface area contributed by atoms with E-state index in [1.165, 1.54) is 38.5 Å². The molecular formula is C16H20FN5. The monoisotopic (exact) mass is 301 g/mol. The Morgan fingerprint density at radius 1 is 1.14 bits per heavy atom. The van der Waals surface area contributed by atoms with Crippen LogP contribution in [0.25, 0.3) is 11.2 Å². The Morgan fingerprint density at radius 2 is 1.77 bits per heavy atom. The lowest BCUT2D eigenvalue weighted by Crippen LogP contribution is -2.47. The second-order valence-corrected chi connectivity index (χ2v) is 7.84. The van der Waals surface area contributed by atoms with Gasteiger partial charge in [-0.2, -0.15) is 14.4 Å². The Morgan fingerprint density at radius 3 is 2.41 bits per heavy atom. The molecule has 0 saturated heterocycles. The van der Waals surface area contributed by atoms with E-state index >= 15 is 0 Å². The summed E-state index contributed by atoms with van der Waals surface area (Å²) in [6.07, 6.45) is 9.19. The third-order valence-corrected chi connectivity index (χ3v) is 6.13. The van der Waals surface area contributed by atoms with Crippen LogP contribution in [0.2, 0.25) is 0 Å². The van der Waals surface area contributed by atoms with Crippen molar-refractivity contribution in [2.75, 3.05) is 5.73 Å². The minimum absolute atomic E-state index is 0.131. The number of aromatic nitrogens is 4. The maximum absolute atomic E-state index is 13.5. The third kappa shape index (κ3) is 1.79. The highest BCUT2D eigenvalue weighted by atomic mass is 19.1. The largest absolute Gasteiger partial charge is 0.382 e. The second kappa shape index (κ2) is 4.18. The second-order valence-electron chi connectivity index (χ2n) is 7.84. The first-order valence-electron chi connectivity index (χ1n) is 8.24. The Kier molecular flexibility index (Phi) is 2.43. The first-order chi connectivity index (χ1) is 10.6. The molecular weight excluding hydrogens is 281 g/mol. The van der Waals surface area contributed by atoms with Crippen LogP contribution in [-0.4, -0.2) is 19.5 Å². The number of halogens is 1. The lowest BCUT2D eigenvalue weighted by atomic mass is 9.49. The first-order valence-corrected chi connectivity index (χ1v) is 8.24. The summed E-state index contributed by atoms with van der Waals surface area (Å²) in [7, 11) is 0. The van der Waals surface area contributed by atoms with Gasteiger partial charge in [0.1, 0.15) is 5.52 Å². The minimum Gasteiger partial charge on any atom is -0.382 e. The molecule has 4 aliphatic rings. The van der Waals surface area contributed by atoms with Crippen molar-refractivity contribution in [1.29, 1.82) is 0 Å². The smallest absolute Gasteiger partial charge is 0.312 e. The molecule has 2 aromatic heterocycles. The predicted molar refractivity (Wildman–Crippen MR) is 80.3 cm³/mol. The molecule has 0 atom stereocenters. The number of nitrogens with zero attached hydrogens (tertiary/aromatic N) is 4. The topological polar surface area (TPSA) is 69.6 Å². The molecule has 2 heterocycles. The van der Waals surface area contributed by atoms with Crippen LogP contribution in [-0.2, 0) is 6.54 Å². The normalized spacial score (nSPS) is 36.3. The van der Waals surface area contributed by atoms with Crippen LogP contribution in [0, 0.1) is 29.2 Å². The summed E-state index contributed by atoms with van der Waals surface area (Å²) in [6.45, 7) is 0.892. The van der Waals surface area contributed by atoms with Crippen LogP contribution in [0.3, 0.4) is 0 Å². The quantitative estimate of drug-likeness (QED) is 0.866. The molecule has 116 valence electrons. The summed E-state index contributed by atoms with van der Waals surface area (Å²) in [5, 5.41) is 0. The molecule has 0 radical (unpaired) electrons. The van der Waals surface area contributed by atoms with Crippen LogP contribution in [0.1, 0.15) is 38.5 Å². The lowest BCUT2D eigenvalue weighted by molar-refractivity contribution is -0.0614. The number of anilines is 1. The van der Waals surface area contributed by atoms with Gasteiger partial charge in [-0.15, -0.1) is 0 Å². The van der Waals surface area contributed by atoms with Gasteiger partial charge in [0.2, 0.25) is 0 Å². The molecule has 0 amide bonds. The van der Waals surface area contributed by atoms with Gasteiger partial charge in [0.25, 0.3) is 0 Å². The van der Waals surface area contributed by atoms with Crippen molar-refractivity contribution in [3.8, 4) is 0 Å². The minimum atomic E-state index is -0.766. The van der Waals surface area contributed by atoms with Crippen LogP contribution in [0.5, 0.6) is 0 Å². The summed E-state index contributed by atoms with van der Waals surface area (Å²) in [5.41, 5.74) is 7.19. The van der Waals surface area contributed by atoms with Gasteiger partial charge in [-0.3, -0.25) is 0 Å². The summed E-state index contributed by atoms with van der Waals surface area (Å²) < 4.78 is 15.5. The van der Waals surface area contributed by atoms with E-state index in [1.54, 1.807) is 6.33 Å². The van der Waals surface area contributed by atoms with Gasteiger partial charge in [0, 0.05) is 6.54 Å². The van der Waals surface area contributed by atoms with Gasteiger partial charge < -0.3 is 10.3 Å². The van der Waals surface area contributed by atoms with Gasteiger partial charge in [0.15, 0.2) is 11.5 Å². The van der Waals surface area contributed by atoms with E-state index in [0.717, 1.165) is 24.3 Å². The molecule has 6 rings (SSSR count). The van der Waals surface area contributed by atoms with Crippen molar-refractivity contribution >= 4 is 17.0 Å². The average molecular weight is 301 g/mol. The number of nitrogens with two attached hydrogens (primary N) is 1. The zero-order chi connectivity index (χ0) is 14.9. The number of imidazole rings is 1. The van der Waals surface area contributed by atoms with Crippen molar-refractivity contribution in [3.63, 3.8) is 0 Å². The van der Waals surface area contributed by atoms with Crippen LogP contribution in [0.15, 0.2) is 6.33 Å². The fourth-order valence-corrected chi connectivity index (χ4v) is 5.90. The number of hydrogen-bond acceptors (Lipinski definition) is 4. The van der Waals surface area contributed by atoms with Gasteiger partial charge in [-0.1, -0.05) is 0 Å². The van der Waals surface area contributed by atoms with Crippen molar-refractivity contribution in [3.05, 3.63) is 12.4 Å². The molecule has 0 spiro atoms. The molecule has 4 aliphatic carbocycles. The lowest BCUT2D eigenvalue weighted by Gasteiger charge is -2.57. The highest BCUT2D eigenvalue weighted by molar-refractivity contribution is 5.81. The molecule has 2 N–H and O–H groups in total. The molecule has 2 aromatic rings. The molecule has 0 aromatic carbocycles. The number of fused-ring (bicyclic) bond motifs is 1. The van der Waals surface area contributed by atoms with Crippen molar-refractivity contribution in [2.24, 2.45) is 23.2 Å². The Bertz CT molecular complexity index is 717. The van der Waals surface area contributed by atoms with E-state index in [0.29, 0.717) is 16.6 Å². The summed E-state index contributed by atoms with van der Waals surface area (Å²) >= 11 is 0. The SMILES string of the molecule is Nc1nc(F)nc2c1ncn2CC12CC3CC(CC(C3)C1)C2. The number of nitrogen functional groups attached to an aromatic ring is 1. The molecule has 22 heavy (non-hydrogen) atoms. The van der Waals surface area contributed by atoms with Gasteiger partial charge in [0.05, 0.1) is 6.33 Å². The van der Waals surface area contributed by atoms with Gasteiger partial charge >= 0.3 is 6.08 Å². The van der Waals surface area contributed by atoms with E-state index in [4.69, 9.17) is 5.73 Å². The summed E-state index contributed by atoms with van der Waals surface area (Å²) in [5.74, 6) is 2.83. The molecule has 0 unspecified atom stereocenters. The predicted octanol–water partition coefficient (Wildman–Crippen LogP) is 2.76. The molecule has 4 fully saturated rings. The Labute approximate surface area is 128 Å². The molecule has 6 heteroatoms. The third-order valence-electron chi connectivity index (χ3n) is 6.13.